The minimum atomic E-state index is -4.99. The molecule has 3 aliphatic rings. The summed E-state index contributed by atoms with van der Waals surface area (Å²) in [5.74, 6) is 0.372. The van der Waals surface area contributed by atoms with Crippen LogP contribution in [0.1, 0.15) is 45.3 Å². The molecule has 18 heteroatoms. The highest BCUT2D eigenvalue weighted by Crippen LogP contribution is 2.52. The first-order chi connectivity index (χ1) is 18.3. The van der Waals surface area contributed by atoms with Gasteiger partial charge in [0.25, 0.3) is 0 Å². The summed E-state index contributed by atoms with van der Waals surface area (Å²) in [7, 11) is -8.65. The Morgan fingerprint density at radius 1 is 1.23 bits per heavy atom. The summed E-state index contributed by atoms with van der Waals surface area (Å²) in [5.41, 5.74) is 0.257. The Hall–Kier alpha value is -1.46. The second-order valence-corrected chi connectivity index (χ2v) is 14.8. The van der Waals surface area contributed by atoms with E-state index in [1.165, 1.54) is 10.9 Å². The van der Waals surface area contributed by atoms with E-state index >= 15 is 0 Å². The van der Waals surface area contributed by atoms with Gasteiger partial charge in [0.2, 0.25) is 15.3 Å². The zero-order valence-corrected chi connectivity index (χ0v) is 23.6. The Kier molecular flexibility index (Phi) is 8.00. The molecule has 1 saturated carbocycles. The van der Waals surface area contributed by atoms with Gasteiger partial charge in [0.05, 0.1) is 30.5 Å². The van der Waals surface area contributed by atoms with Crippen LogP contribution in [0, 0.1) is 0 Å². The number of fused-ring (bicyclic) bond motifs is 1. The second kappa shape index (κ2) is 10.7. The zero-order valence-electron chi connectivity index (χ0n) is 21.1. The van der Waals surface area contributed by atoms with Crippen LogP contribution in [-0.4, -0.2) is 108 Å². The summed E-state index contributed by atoms with van der Waals surface area (Å²) in [6.07, 6.45) is 0.572. The highest BCUT2D eigenvalue weighted by molar-refractivity contribution is 7.89. The van der Waals surface area contributed by atoms with Crippen LogP contribution < -0.4 is 5.32 Å². The molecule has 0 amide bonds. The van der Waals surface area contributed by atoms with Gasteiger partial charge in [0, 0.05) is 12.6 Å². The van der Waals surface area contributed by atoms with E-state index in [0.717, 1.165) is 36.9 Å². The molecule has 2 aromatic heterocycles. The molecular weight excluding hydrogens is 579 g/mol. The highest BCUT2D eigenvalue weighted by atomic mass is 35.5. The lowest BCUT2D eigenvalue weighted by Gasteiger charge is -2.34. The summed E-state index contributed by atoms with van der Waals surface area (Å²) in [6.45, 7) is 0.0900. The van der Waals surface area contributed by atoms with E-state index in [1.807, 2.05) is 0 Å². The summed E-state index contributed by atoms with van der Waals surface area (Å²) >= 11 is 6.17. The van der Waals surface area contributed by atoms with Crippen molar-refractivity contribution in [2.75, 3.05) is 30.8 Å². The van der Waals surface area contributed by atoms with Crippen LogP contribution in [-0.2, 0) is 24.1 Å². The van der Waals surface area contributed by atoms with Crippen molar-refractivity contribution < 1.29 is 42.5 Å². The lowest BCUT2D eigenvalue weighted by molar-refractivity contribution is -0.0965. The van der Waals surface area contributed by atoms with Crippen LogP contribution in [0.3, 0.4) is 0 Å². The van der Waals surface area contributed by atoms with Crippen molar-refractivity contribution >= 4 is 46.1 Å². The Bertz CT molecular complexity index is 1370. The van der Waals surface area contributed by atoms with Crippen molar-refractivity contribution in [3.05, 3.63) is 11.5 Å². The maximum absolute atomic E-state index is 12.3. The van der Waals surface area contributed by atoms with Crippen LogP contribution in [0.15, 0.2) is 6.20 Å². The Labute approximate surface area is 229 Å². The number of aromatic nitrogens is 4. The van der Waals surface area contributed by atoms with Gasteiger partial charge in [0.15, 0.2) is 17.2 Å². The number of halogens is 1. The van der Waals surface area contributed by atoms with E-state index in [0.29, 0.717) is 17.6 Å². The number of ether oxygens (including phenoxy) is 2. The van der Waals surface area contributed by atoms with E-state index in [4.69, 9.17) is 21.1 Å². The standard InChI is InChI=1S/C21H32ClN6O9PS/c1-21(38(31,32)33,11-27-7-4-8-39(27,34)35)36-10-14-15(29)16(30)19(37-14)28-18-13(9-23-28)17(25-20(22)26-18)24-12-5-2-3-6-12/h9,12,14-16,19,29-30H,2-8,10-11H2,1H3,(H,24,25,26)(H2,31,32,33)/t14-,15-,16-,19-,21?/m1/s1. The summed E-state index contributed by atoms with van der Waals surface area (Å²) < 4.78 is 50.4. The molecule has 3 fully saturated rings. The van der Waals surface area contributed by atoms with Crippen LogP contribution in [0.2, 0.25) is 5.28 Å². The largest absolute Gasteiger partial charge is 0.387 e. The fraction of sp³-hybridized carbons (Fsp3) is 0.762. The molecule has 0 radical (unpaired) electrons. The number of anilines is 1. The molecule has 2 aromatic rings. The fourth-order valence-corrected chi connectivity index (χ4v) is 7.67. The van der Waals surface area contributed by atoms with Gasteiger partial charge in [-0.15, -0.1) is 0 Å². The van der Waals surface area contributed by atoms with Gasteiger partial charge >= 0.3 is 7.60 Å². The van der Waals surface area contributed by atoms with E-state index in [1.54, 1.807) is 0 Å². The molecule has 5 atom stereocenters. The van der Waals surface area contributed by atoms with Crippen molar-refractivity contribution in [2.45, 2.75) is 75.0 Å². The maximum atomic E-state index is 12.3. The lowest BCUT2D eigenvalue weighted by atomic mass is 10.1. The number of hydrogen-bond acceptors (Lipinski definition) is 11. The number of hydrogen-bond donors (Lipinski definition) is 5. The first-order valence-electron chi connectivity index (χ1n) is 12.7. The van der Waals surface area contributed by atoms with E-state index < -0.39 is 60.7 Å². The SMILES string of the molecule is CC(CN1CCCS1(=O)=O)(OC[C@H]1O[C@@H](n2ncc3c(NC4CCCC4)nc(Cl)nc32)[C@H](O)[C@@H]1O)P(=O)(O)O. The summed E-state index contributed by atoms with van der Waals surface area (Å²) in [5, 5.41) is 27.4. The third kappa shape index (κ3) is 5.69. The molecule has 2 aliphatic heterocycles. The quantitative estimate of drug-likeness (QED) is 0.192. The number of aliphatic hydroxyl groups is 2. The van der Waals surface area contributed by atoms with Crippen molar-refractivity contribution in [2.24, 2.45) is 0 Å². The molecule has 5 rings (SSSR count). The molecule has 0 bridgehead atoms. The predicted molar refractivity (Wildman–Crippen MR) is 139 cm³/mol. The first-order valence-corrected chi connectivity index (χ1v) is 16.3. The number of nitrogens with one attached hydrogen (secondary N) is 1. The molecule has 1 aliphatic carbocycles. The molecule has 218 valence electrons. The van der Waals surface area contributed by atoms with Gasteiger partial charge in [-0.25, -0.2) is 13.1 Å². The predicted octanol–water partition coefficient (Wildman–Crippen LogP) is 0.399. The fourth-order valence-electron chi connectivity index (χ4n) is 5.21. The van der Waals surface area contributed by atoms with Crippen LogP contribution >= 0.6 is 19.2 Å². The average molecular weight is 611 g/mol. The normalized spacial score (nSPS) is 29.8. The second-order valence-electron chi connectivity index (χ2n) is 10.4. The minimum absolute atomic E-state index is 0.0491. The summed E-state index contributed by atoms with van der Waals surface area (Å²) in [6, 6.07) is 0.234. The molecule has 1 unspecified atom stereocenters. The van der Waals surface area contributed by atoms with Crippen molar-refractivity contribution in [3.63, 3.8) is 0 Å². The first kappa shape index (κ1) is 29.0. The third-order valence-corrected chi connectivity index (χ3v) is 11.1. The molecule has 39 heavy (non-hydrogen) atoms. The molecular formula is C21H32ClN6O9PS. The lowest BCUT2D eigenvalue weighted by Crippen LogP contribution is -2.45. The number of rotatable bonds is 9. The van der Waals surface area contributed by atoms with Gasteiger partial charge in [0.1, 0.15) is 24.1 Å². The monoisotopic (exact) mass is 610 g/mol. The smallest absolute Gasteiger partial charge is 0.358 e. The van der Waals surface area contributed by atoms with E-state index in [-0.39, 0.29) is 29.3 Å². The zero-order chi connectivity index (χ0) is 28.2. The third-order valence-electron chi connectivity index (χ3n) is 7.55. The van der Waals surface area contributed by atoms with Crippen molar-refractivity contribution in [3.8, 4) is 0 Å². The summed E-state index contributed by atoms with van der Waals surface area (Å²) in [4.78, 5) is 28.5. The van der Waals surface area contributed by atoms with E-state index in [9.17, 15) is 33.0 Å². The Morgan fingerprint density at radius 3 is 2.59 bits per heavy atom. The van der Waals surface area contributed by atoms with Gasteiger partial charge in [-0.05, 0) is 37.8 Å². The maximum Gasteiger partial charge on any atom is 0.358 e. The van der Waals surface area contributed by atoms with Crippen molar-refractivity contribution in [1.82, 2.24) is 24.1 Å². The van der Waals surface area contributed by atoms with Crippen LogP contribution in [0.25, 0.3) is 11.0 Å². The van der Waals surface area contributed by atoms with Gasteiger partial charge in [-0.2, -0.15) is 19.4 Å². The molecule has 0 aromatic carbocycles. The molecule has 2 saturated heterocycles. The minimum Gasteiger partial charge on any atom is -0.387 e. The number of nitrogens with zero attached hydrogens (tertiary/aromatic N) is 5. The van der Waals surface area contributed by atoms with Gasteiger partial charge in [-0.1, -0.05) is 12.8 Å². The van der Waals surface area contributed by atoms with E-state index in [2.05, 4.69) is 20.4 Å². The number of aliphatic hydroxyl groups excluding tert-OH is 2. The number of sulfonamides is 1. The molecule has 5 N–H and O–H groups in total. The van der Waals surface area contributed by atoms with Gasteiger partial charge < -0.3 is 34.8 Å². The van der Waals surface area contributed by atoms with Gasteiger partial charge in [-0.3, -0.25) is 4.57 Å². The molecule has 4 heterocycles. The Balaban J connectivity index is 1.34. The molecule has 0 spiro atoms. The molecule has 15 nitrogen and oxygen atoms in total. The topological polar surface area (TPSA) is 209 Å². The Morgan fingerprint density at radius 2 is 1.95 bits per heavy atom. The highest BCUT2D eigenvalue weighted by Gasteiger charge is 2.51. The van der Waals surface area contributed by atoms with Crippen LogP contribution in [0.5, 0.6) is 0 Å². The average Bonchev–Trinajstić information content (AvgIpc) is 3.62. The van der Waals surface area contributed by atoms with Crippen LogP contribution in [0.4, 0.5) is 5.82 Å². The van der Waals surface area contributed by atoms with Crippen molar-refractivity contribution in [1.29, 1.82) is 0 Å².